The van der Waals surface area contributed by atoms with Crippen LogP contribution in [0.5, 0.6) is 0 Å². The van der Waals surface area contributed by atoms with Crippen molar-refractivity contribution in [2.45, 2.75) is 75.9 Å². The molecule has 1 aromatic rings. The molecule has 262 valence electrons. The Morgan fingerprint density at radius 2 is 1.15 bits per heavy atom. The molecule has 6 amide bonds. The number of unbranched alkanes of at least 4 members (excludes halogenated alkanes) is 2. The molecule has 1 aromatic carbocycles. The Kier molecular flexibility index (Phi) is 20.2. The highest BCUT2D eigenvalue weighted by atomic mass is 16.2. The van der Waals surface area contributed by atoms with Gasteiger partial charge in [-0.15, -0.1) is 0 Å². The lowest BCUT2D eigenvalue weighted by atomic mass is 10.0. The molecule has 1 rings (SSSR count). The first kappa shape index (κ1) is 40.3. The van der Waals surface area contributed by atoms with Gasteiger partial charge in [0.1, 0.15) is 18.1 Å². The SMILES string of the molecule is NCCCC[C@H](NC(=O)Cc1ccccc1)C(=O)N[C@@H](CCCCN)C(=O)N[C@@H](CCCN=C(N)N)C(=O)NCC(=O)NCC(N)=O. The minimum Gasteiger partial charge on any atom is -0.370 e. The Morgan fingerprint density at radius 1 is 0.617 bits per heavy atom. The molecule has 0 fully saturated rings. The van der Waals surface area contributed by atoms with Gasteiger partial charge in [0.05, 0.1) is 19.5 Å². The number of nitrogens with two attached hydrogens (primary N) is 5. The van der Waals surface area contributed by atoms with Crippen molar-refractivity contribution in [3.63, 3.8) is 0 Å². The zero-order chi connectivity index (χ0) is 35.0. The Labute approximate surface area is 275 Å². The van der Waals surface area contributed by atoms with E-state index in [0.29, 0.717) is 51.6 Å². The van der Waals surface area contributed by atoms with Crippen LogP contribution in [0.25, 0.3) is 0 Å². The number of benzene rings is 1. The third kappa shape index (κ3) is 18.7. The molecule has 0 spiro atoms. The lowest BCUT2D eigenvalue weighted by Crippen LogP contribution is -2.57. The molecule has 0 aliphatic heterocycles. The molecule has 15 N–H and O–H groups in total. The lowest BCUT2D eigenvalue weighted by molar-refractivity contribution is -0.134. The van der Waals surface area contributed by atoms with Crippen molar-refractivity contribution in [1.82, 2.24) is 26.6 Å². The van der Waals surface area contributed by atoms with Crippen molar-refractivity contribution >= 4 is 41.4 Å². The number of guanidine groups is 1. The van der Waals surface area contributed by atoms with Gasteiger partial charge in [-0.3, -0.25) is 33.8 Å². The summed E-state index contributed by atoms with van der Waals surface area (Å²) in [6.45, 7) is 0.0711. The van der Waals surface area contributed by atoms with Gasteiger partial charge in [-0.2, -0.15) is 0 Å². The number of hydrogen-bond donors (Lipinski definition) is 10. The quantitative estimate of drug-likeness (QED) is 0.0299. The fraction of sp³-hybridized carbons (Fsp3) is 0.567. The number of aliphatic imine (C=N–C) groups is 1. The van der Waals surface area contributed by atoms with Gasteiger partial charge in [0.25, 0.3) is 0 Å². The number of carbonyl (C=O) groups excluding carboxylic acids is 6. The van der Waals surface area contributed by atoms with Crippen LogP contribution in [-0.2, 0) is 35.2 Å². The van der Waals surface area contributed by atoms with E-state index in [-0.39, 0.29) is 37.7 Å². The van der Waals surface area contributed by atoms with Gasteiger partial charge in [0.15, 0.2) is 5.96 Å². The Morgan fingerprint density at radius 3 is 1.68 bits per heavy atom. The van der Waals surface area contributed by atoms with Crippen LogP contribution in [0.15, 0.2) is 35.3 Å². The molecule has 0 aromatic heterocycles. The highest BCUT2D eigenvalue weighted by Gasteiger charge is 2.29. The highest BCUT2D eigenvalue weighted by molar-refractivity contribution is 5.95. The second-order valence-corrected chi connectivity index (χ2v) is 10.9. The first-order valence-electron chi connectivity index (χ1n) is 15.7. The van der Waals surface area contributed by atoms with E-state index in [9.17, 15) is 28.8 Å². The Balaban J connectivity index is 3.07. The van der Waals surface area contributed by atoms with Gasteiger partial charge in [-0.05, 0) is 70.0 Å². The van der Waals surface area contributed by atoms with E-state index in [4.69, 9.17) is 28.7 Å². The van der Waals surface area contributed by atoms with E-state index in [1.165, 1.54) is 0 Å². The number of nitrogens with zero attached hydrogens (tertiary/aromatic N) is 1. The van der Waals surface area contributed by atoms with Crippen LogP contribution in [0.1, 0.15) is 56.9 Å². The monoisotopic (exact) mass is 661 g/mol. The molecule has 0 aliphatic rings. The van der Waals surface area contributed by atoms with Crippen LogP contribution >= 0.6 is 0 Å². The molecule has 0 bridgehead atoms. The fourth-order valence-corrected chi connectivity index (χ4v) is 4.41. The van der Waals surface area contributed by atoms with Crippen molar-refractivity contribution in [3.8, 4) is 0 Å². The third-order valence-electron chi connectivity index (χ3n) is 6.85. The zero-order valence-electron chi connectivity index (χ0n) is 26.8. The van der Waals surface area contributed by atoms with Crippen molar-refractivity contribution in [1.29, 1.82) is 0 Å². The van der Waals surface area contributed by atoms with Gasteiger partial charge in [0, 0.05) is 6.54 Å². The van der Waals surface area contributed by atoms with E-state index in [2.05, 4.69) is 31.6 Å². The molecule has 3 atom stereocenters. The van der Waals surface area contributed by atoms with Gasteiger partial charge < -0.3 is 55.3 Å². The first-order chi connectivity index (χ1) is 22.5. The summed E-state index contributed by atoms with van der Waals surface area (Å²) in [6.07, 6.45) is 3.24. The summed E-state index contributed by atoms with van der Waals surface area (Å²) in [6, 6.07) is 5.94. The van der Waals surface area contributed by atoms with Crippen molar-refractivity contribution in [3.05, 3.63) is 35.9 Å². The molecule has 0 radical (unpaired) electrons. The average molecular weight is 662 g/mol. The van der Waals surface area contributed by atoms with Crippen molar-refractivity contribution in [2.75, 3.05) is 32.7 Å². The van der Waals surface area contributed by atoms with Crippen LogP contribution in [0, 0.1) is 0 Å². The summed E-state index contributed by atoms with van der Waals surface area (Å²) < 4.78 is 0. The Hall–Kier alpha value is -4.77. The van der Waals surface area contributed by atoms with Crippen LogP contribution in [0.2, 0.25) is 0 Å². The largest absolute Gasteiger partial charge is 0.370 e. The van der Waals surface area contributed by atoms with E-state index >= 15 is 0 Å². The minimum absolute atomic E-state index is 0.0686. The van der Waals surface area contributed by atoms with Crippen molar-refractivity contribution in [2.24, 2.45) is 33.7 Å². The van der Waals surface area contributed by atoms with Crippen LogP contribution in [0.4, 0.5) is 0 Å². The van der Waals surface area contributed by atoms with Gasteiger partial charge in [-0.25, -0.2) is 0 Å². The van der Waals surface area contributed by atoms with E-state index in [1.54, 1.807) is 12.1 Å². The highest BCUT2D eigenvalue weighted by Crippen LogP contribution is 2.08. The first-order valence-corrected chi connectivity index (χ1v) is 15.7. The third-order valence-corrected chi connectivity index (χ3v) is 6.85. The maximum Gasteiger partial charge on any atom is 0.243 e. The number of hydrogen-bond acceptors (Lipinski definition) is 9. The molecule has 0 saturated carbocycles. The van der Waals surface area contributed by atoms with Crippen LogP contribution in [-0.4, -0.2) is 92.3 Å². The summed E-state index contributed by atoms with van der Waals surface area (Å²) in [7, 11) is 0. The zero-order valence-corrected chi connectivity index (χ0v) is 26.8. The van der Waals surface area contributed by atoms with E-state index in [0.717, 1.165) is 5.56 Å². The average Bonchev–Trinajstić information content (AvgIpc) is 3.03. The maximum atomic E-state index is 13.6. The molecule has 0 unspecified atom stereocenters. The fourth-order valence-electron chi connectivity index (χ4n) is 4.41. The Bertz CT molecular complexity index is 1180. The molecule has 0 aliphatic carbocycles. The number of nitrogens with one attached hydrogen (secondary N) is 5. The molecular formula is C30H51N11O6. The number of carbonyl (C=O) groups is 6. The number of amides is 6. The van der Waals surface area contributed by atoms with E-state index < -0.39 is 60.8 Å². The van der Waals surface area contributed by atoms with Gasteiger partial charge >= 0.3 is 0 Å². The van der Waals surface area contributed by atoms with Crippen LogP contribution < -0.4 is 55.3 Å². The van der Waals surface area contributed by atoms with Gasteiger partial charge in [0.2, 0.25) is 35.4 Å². The molecule has 17 heteroatoms. The van der Waals surface area contributed by atoms with Crippen molar-refractivity contribution < 1.29 is 28.8 Å². The minimum atomic E-state index is -1.12. The molecule has 17 nitrogen and oxygen atoms in total. The smallest absolute Gasteiger partial charge is 0.243 e. The standard InChI is InChI=1S/C30H51N11O6/c31-14-6-4-11-22(39-25(43)17-20-9-2-1-3-10-20)28(46)41-23(12-5-7-15-32)29(47)40-21(13-8-16-36-30(34)35)27(45)38-19-26(44)37-18-24(33)42/h1-3,9-10,21-23H,4-8,11-19,31-32H2,(H2,33,42)(H,37,44)(H,38,45)(H,39,43)(H,40,47)(H,41,46)(H4,34,35,36)/t21-,22-,23-/m0/s1. The summed E-state index contributed by atoms with van der Waals surface area (Å²) in [4.78, 5) is 79.7. The summed E-state index contributed by atoms with van der Waals surface area (Å²) in [5.74, 6) is -3.80. The predicted octanol–water partition coefficient (Wildman–Crippen LogP) is -3.29. The lowest BCUT2D eigenvalue weighted by Gasteiger charge is -2.25. The summed E-state index contributed by atoms with van der Waals surface area (Å²) in [5.41, 5.74) is 27.8. The van der Waals surface area contributed by atoms with Crippen LogP contribution in [0.3, 0.4) is 0 Å². The maximum absolute atomic E-state index is 13.6. The molecule has 47 heavy (non-hydrogen) atoms. The number of primary amides is 1. The topological polar surface area (TPSA) is 305 Å². The summed E-state index contributed by atoms with van der Waals surface area (Å²) >= 11 is 0. The summed E-state index contributed by atoms with van der Waals surface area (Å²) in [5, 5.41) is 12.8. The molecular weight excluding hydrogens is 610 g/mol. The number of rotatable bonds is 24. The molecule has 0 heterocycles. The van der Waals surface area contributed by atoms with E-state index in [1.807, 2.05) is 18.2 Å². The second-order valence-electron chi connectivity index (χ2n) is 10.9. The normalized spacial score (nSPS) is 12.5. The predicted molar refractivity (Wildman–Crippen MR) is 177 cm³/mol. The second kappa shape index (κ2) is 23.6. The molecule has 0 saturated heterocycles. The van der Waals surface area contributed by atoms with Gasteiger partial charge in [-0.1, -0.05) is 30.3 Å².